The lowest BCUT2D eigenvalue weighted by molar-refractivity contribution is 0.187. The molecular weight excluding hydrogens is 296 g/mol. The van der Waals surface area contributed by atoms with E-state index in [0.29, 0.717) is 12.4 Å². The molecule has 18 heavy (non-hydrogen) atoms. The molecule has 96 valence electrons. The SMILES string of the molecule is CCCOc1cccc(C(O)c2occc2Br)c1. The maximum Gasteiger partial charge on any atom is 0.150 e. The third kappa shape index (κ3) is 2.94. The van der Waals surface area contributed by atoms with Crippen LogP contribution < -0.4 is 4.74 Å². The van der Waals surface area contributed by atoms with E-state index >= 15 is 0 Å². The van der Waals surface area contributed by atoms with Crippen LogP contribution in [0.4, 0.5) is 0 Å². The van der Waals surface area contributed by atoms with Gasteiger partial charge in [0.2, 0.25) is 0 Å². The van der Waals surface area contributed by atoms with E-state index < -0.39 is 6.10 Å². The number of aliphatic hydroxyl groups excluding tert-OH is 1. The van der Waals surface area contributed by atoms with Crippen molar-refractivity contribution in [3.05, 3.63) is 52.4 Å². The first-order chi connectivity index (χ1) is 8.72. The molecule has 1 unspecified atom stereocenters. The van der Waals surface area contributed by atoms with Crippen LogP contribution in [0.1, 0.15) is 30.8 Å². The first-order valence-corrected chi connectivity index (χ1v) is 6.65. The molecule has 1 heterocycles. The van der Waals surface area contributed by atoms with E-state index in [2.05, 4.69) is 22.9 Å². The molecule has 0 bridgehead atoms. The fourth-order valence-corrected chi connectivity index (χ4v) is 2.06. The predicted octanol–water partition coefficient (Wildman–Crippen LogP) is 3.91. The highest BCUT2D eigenvalue weighted by molar-refractivity contribution is 9.10. The van der Waals surface area contributed by atoms with Gasteiger partial charge in [0.05, 0.1) is 17.3 Å². The molecule has 1 atom stereocenters. The Morgan fingerprint density at radius 2 is 2.22 bits per heavy atom. The lowest BCUT2D eigenvalue weighted by atomic mass is 10.1. The molecule has 0 saturated carbocycles. The minimum atomic E-state index is -0.792. The molecule has 4 heteroatoms. The van der Waals surface area contributed by atoms with Crippen molar-refractivity contribution in [2.24, 2.45) is 0 Å². The molecule has 2 rings (SSSR count). The van der Waals surface area contributed by atoms with Crippen molar-refractivity contribution >= 4 is 15.9 Å². The van der Waals surface area contributed by atoms with Crippen molar-refractivity contribution < 1.29 is 14.3 Å². The summed E-state index contributed by atoms with van der Waals surface area (Å²) in [4.78, 5) is 0. The lowest BCUT2D eigenvalue weighted by Gasteiger charge is -2.11. The molecule has 0 radical (unpaired) electrons. The fourth-order valence-electron chi connectivity index (χ4n) is 1.65. The Balaban J connectivity index is 2.20. The first-order valence-electron chi connectivity index (χ1n) is 5.86. The Morgan fingerprint density at radius 1 is 1.39 bits per heavy atom. The minimum absolute atomic E-state index is 0.502. The Morgan fingerprint density at radius 3 is 2.89 bits per heavy atom. The van der Waals surface area contributed by atoms with E-state index in [-0.39, 0.29) is 0 Å². The summed E-state index contributed by atoms with van der Waals surface area (Å²) in [5.41, 5.74) is 0.749. The van der Waals surface area contributed by atoms with Crippen LogP contribution in [-0.4, -0.2) is 11.7 Å². The normalized spacial score (nSPS) is 12.4. The number of ether oxygens (including phenoxy) is 1. The summed E-state index contributed by atoms with van der Waals surface area (Å²) >= 11 is 3.34. The molecule has 0 aliphatic heterocycles. The third-order valence-corrected chi connectivity index (χ3v) is 3.19. The highest BCUT2D eigenvalue weighted by Crippen LogP contribution is 2.30. The van der Waals surface area contributed by atoms with Crippen LogP contribution in [0.5, 0.6) is 5.75 Å². The maximum atomic E-state index is 10.2. The number of furan rings is 1. The molecule has 3 nitrogen and oxygen atoms in total. The van der Waals surface area contributed by atoms with Crippen LogP contribution in [0.2, 0.25) is 0 Å². The third-order valence-electron chi connectivity index (χ3n) is 2.54. The molecule has 1 N–H and O–H groups in total. The second-order valence-electron chi connectivity index (χ2n) is 3.96. The van der Waals surface area contributed by atoms with E-state index in [9.17, 15) is 5.11 Å². The van der Waals surface area contributed by atoms with Crippen LogP contribution in [-0.2, 0) is 0 Å². The van der Waals surface area contributed by atoms with Gasteiger partial charge in [-0.25, -0.2) is 0 Å². The maximum absolute atomic E-state index is 10.2. The first kappa shape index (κ1) is 13.2. The van der Waals surface area contributed by atoms with Crippen LogP contribution in [0.25, 0.3) is 0 Å². The van der Waals surface area contributed by atoms with Gasteiger partial charge in [-0.15, -0.1) is 0 Å². The van der Waals surface area contributed by atoms with Gasteiger partial charge < -0.3 is 14.3 Å². The average Bonchev–Trinajstić information content (AvgIpc) is 2.82. The van der Waals surface area contributed by atoms with Crippen molar-refractivity contribution in [2.45, 2.75) is 19.4 Å². The zero-order chi connectivity index (χ0) is 13.0. The van der Waals surface area contributed by atoms with E-state index in [1.165, 1.54) is 0 Å². The van der Waals surface area contributed by atoms with Gasteiger partial charge in [0.25, 0.3) is 0 Å². The molecule has 0 aliphatic carbocycles. The quantitative estimate of drug-likeness (QED) is 0.910. The van der Waals surface area contributed by atoms with Crippen LogP contribution in [0.15, 0.2) is 45.5 Å². The summed E-state index contributed by atoms with van der Waals surface area (Å²) in [6.45, 7) is 2.72. The van der Waals surface area contributed by atoms with E-state index in [1.54, 1.807) is 12.3 Å². The predicted molar refractivity (Wildman–Crippen MR) is 72.7 cm³/mol. The summed E-state index contributed by atoms with van der Waals surface area (Å²) < 4.78 is 11.6. The van der Waals surface area contributed by atoms with Crippen molar-refractivity contribution in [2.75, 3.05) is 6.61 Å². The molecule has 0 amide bonds. The summed E-state index contributed by atoms with van der Waals surface area (Å²) in [7, 11) is 0. The Hall–Kier alpha value is -1.26. The van der Waals surface area contributed by atoms with Gasteiger partial charge in [-0.1, -0.05) is 19.1 Å². The molecule has 0 saturated heterocycles. The lowest BCUT2D eigenvalue weighted by Crippen LogP contribution is -2.00. The second kappa shape index (κ2) is 6.07. The van der Waals surface area contributed by atoms with Crippen LogP contribution in [0.3, 0.4) is 0 Å². The van der Waals surface area contributed by atoms with Crippen molar-refractivity contribution in [3.63, 3.8) is 0 Å². The number of hydrogen-bond donors (Lipinski definition) is 1. The Labute approximate surface area is 115 Å². The Bertz CT molecular complexity index is 507. The van der Waals surface area contributed by atoms with Crippen molar-refractivity contribution in [1.82, 2.24) is 0 Å². The zero-order valence-corrected chi connectivity index (χ0v) is 11.7. The molecule has 2 aromatic rings. The van der Waals surface area contributed by atoms with E-state index in [0.717, 1.165) is 22.2 Å². The fraction of sp³-hybridized carbons (Fsp3) is 0.286. The molecule has 0 fully saturated rings. The summed E-state index contributed by atoms with van der Waals surface area (Å²) in [6, 6.07) is 9.17. The summed E-state index contributed by atoms with van der Waals surface area (Å²) in [6.07, 6.45) is 1.70. The number of halogens is 1. The van der Waals surface area contributed by atoms with Gasteiger partial charge in [-0.3, -0.25) is 0 Å². The van der Waals surface area contributed by atoms with Crippen LogP contribution in [0, 0.1) is 0 Å². The van der Waals surface area contributed by atoms with E-state index in [1.807, 2.05) is 24.3 Å². The van der Waals surface area contributed by atoms with E-state index in [4.69, 9.17) is 9.15 Å². The largest absolute Gasteiger partial charge is 0.494 e. The molecular formula is C14H15BrO3. The van der Waals surface area contributed by atoms with Gasteiger partial charge in [-0.05, 0) is 46.1 Å². The van der Waals surface area contributed by atoms with Gasteiger partial charge in [0.1, 0.15) is 11.9 Å². The molecule has 0 aliphatic rings. The Kier molecular flexibility index (Phi) is 4.44. The molecule has 0 spiro atoms. The standard InChI is InChI=1S/C14H15BrO3/c1-2-7-17-11-5-3-4-10(9-11)13(16)14-12(15)6-8-18-14/h3-6,8-9,13,16H,2,7H2,1H3. The molecule has 1 aromatic heterocycles. The topological polar surface area (TPSA) is 42.6 Å². The number of benzene rings is 1. The number of aliphatic hydroxyl groups is 1. The summed E-state index contributed by atoms with van der Waals surface area (Å²) in [5, 5.41) is 10.2. The highest BCUT2D eigenvalue weighted by Gasteiger charge is 2.17. The van der Waals surface area contributed by atoms with Gasteiger partial charge in [0.15, 0.2) is 5.76 Å². The zero-order valence-electron chi connectivity index (χ0n) is 10.1. The van der Waals surface area contributed by atoms with Gasteiger partial charge >= 0.3 is 0 Å². The van der Waals surface area contributed by atoms with Gasteiger partial charge in [0, 0.05) is 0 Å². The second-order valence-corrected chi connectivity index (χ2v) is 4.81. The highest BCUT2D eigenvalue weighted by atomic mass is 79.9. The summed E-state index contributed by atoms with van der Waals surface area (Å²) in [5.74, 6) is 1.26. The van der Waals surface area contributed by atoms with Crippen molar-refractivity contribution in [1.29, 1.82) is 0 Å². The van der Waals surface area contributed by atoms with Crippen LogP contribution >= 0.6 is 15.9 Å². The smallest absolute Gasteiger partial charge is 0.150 e. The average molecular weight is 311 g/mol. The number of hydrogen-bond acceptors (Lipinski definition) is 3. The monoisotopic (exact) mass is 310 g/mol. The molecule has 1 aromatic carbocycles. The van der Waals surface area contributed by atoms with Gasteiger partial charge in [-0.2, -0.15) is 0 Å². The minimum Gasteiger partial charge on any atom is -0.494 e. The van der Waals surface area contributed by atoms with Crippen molar-refractivity contribution in [3.8, 4) is 5.75 Å². The number of rotatable bonds is 5.